The Bertz CT molecular complexity index is 153. The summed E-state index contributed by atoms with van der Waals surface area (Å²) in [7, 11) is 0. The fraction of sp³-hybridized carbons (Fsp3) is 1.00. The van der Waals surface area contributed by atoms with Gasteiger partial charge in [0.25, 0.3) is 0 Å². The number of fused-ring (bicyclic) bond motifs is 2. The van der Waals surface area contributed by atoms with E-state index >= 15 is 0 Å². The van der Waals surface area contributed by atoms with E-state index in [4.69, 9.17) is 10.8 Å². The molecule has 2 aliphatic rings. The van der Waals surface area contributed by atoms with Crippen LogP contribution in [0.2, 0.25) is 0 Å². The second-order valence-corrected chi connectivity index (χ2v) is 3.97. The van der Waals surface area contributed by atoms with E-state index in [1.165, 1.54) is 12.8 Å². The van der Waals surface area contributed by atoms with Gasteiger partial charge in [-0.15, -0.1) is 12.4 Å². The van der Waals surface area contributed by atoms with E-state index in [1.807, 2.05) is 0 Å². The van der Waals surface area contributed by atoms with Gasteiger partial charge in [0.1, 0.15) is 0 Å². The summed E-state index contributed by atoms with van der Waals surface area (Å²) in [5.74, 6) is 0.835. The standard InChI is InChI=1S/C8H15NO.ClH/c9-7-3-6-1-2-8(7,4-6)5-10;/h6-7,10H,1-5,9H2;1H/t6-,7+,8-;/m0./s1. The number of hydrogen-bond donors (Lipinski definition) is 2. The fourth-order valence-corrected chi connectivity index (χ4v) is 2.68. The smallest absolute Gasteiger partial charge is 0.0502 e. The molecule has 2 bridgehead atoms. The number of aliphatic hydroxyl groups is 1. The third-order valence-corrected chi connectivity index (χ3v) is 3.43. The van der Waals surface area contributed by atoms with Gasteiger partial charge in [-0.3, -0.25) is 0 Å². The minimum Gasteiger partial charge on any atom is -0.396 e. The quantitative estimate of drug-likeness (QED) is 0.626. The topological polar surface area (TPSA) is 46.2 Å². The molecule has 2 rings (SSSR count). The van der Waals surface area contributed by atoms with E-state index in [9.17, 15) is 0 Å². The lowest BCUT2D eigenvalue weighted by Gasteiger charge is -2.30. The minimum atomic E-state index is 0. The molecule has 3 heteroatoms. The SMILES string of the molecule is Cl.N[C@@H]1C[C@@H]2CC[C@@]1(CO)C2. The first-order valence-electron chi connectivity index (χ1n) is 4.13. The highest BCUT2D eigenvalue weighted by Crippen LogP contribution is 2.52. The zero-order chi connectivity index (χ0) is 7.19. The molecule has 0 heterocycles. The first-order chi connectivity index (χ1) is 4.77. The van der Waals surface area contributed by atoms with Crippen LogP contribution in [-0.2, 0) is 0 Å². The Hall–Kier alpha value is 0.210. The first kappa shape index (κ1) is 9.30. The Balaban J connectivity index is 0.000000605. The van der Waals surface area contributed by atoms with Gasteiger partial charge in [-0.05, 0) is 31.6 Å². The average molecular weight is 178 g/mol. The highest BCUT2D eigenvalue weighted by Gasteiger charge is 2.49. The van der Waals surface area contributed by atoms with Gasteiger partial charge in [-0.1, -0.05) is 0 Å². The van der Waals surface area contributed by atoms with Gasteiger partial charge in [0, 0.05) is 11.5 Å². The molecule has 3 atom stereocenters. The molecule has 0 aromatic heterocycles. The molecule has 2 aliphatic carbocycles. The summed E-state index contributed by atoms with van der Waals surface area (Å²) in [5, 5.41) is 9.13. The van der Waals surface area contributed by atoms with Crippen LogP contribution in [0.15, 0.2) is 0 Å². The summed E-state index contributed by atoms with van der Waals surface area (Å²) < 4.78 is 0. The zero-order valence-electron chi connectivity index (χ0n) is 6.62. The van der Waals surface area contributed by atoms with Gasteiger partial charge < -0.3 is 10.8 Å². The van der Waals surface area contributed by atoms with Crippen LogP contribution in [0.3, 0.4) is 0 Å². The molecule has 0 aromatic carbocycles. The predicted molar refractivity (Wildman–Crippen MR) is 46.7 cm³/mol. The van der Waals surface area contributed by atoms with Crippen LogP contribution in [0.5, 0.6) is 0 Å². The van der Waals surface area contributed by atoms with E-state index in [-0.39, 0.29) is 23.9 Å². The molecule has 0 saturated heterocycles. The Labute approximate surface area is 73.6 Å². The third kappa shape index (κ3) is 1.17. The minimum absolute atomic E-state index is 0. The monoisotopic (exact) mass is 177 g/mol. The van der Waals surface area contributed by atoms with Crippen LogP contribution >= 0.6 is 12.4 Å². The fourth-order valence-electron chi connectivity index (χ4n) is 2.68. The van der Waals surface area contributed by atoms with Gasteiger partial charge in [-0.2, -0.15) is 0 Å². The van der Waals surface area contributed by atoms with Crippen molar-refractivity contribution in [1.29, 1.82) is 0 Å². The zero-order valence-corrected chi connectivity index (χ0v) is 7.44. The molecule has 2 saturated carbocycles. The lowest BCUT2D eigenvalue weighted by Crippen LogP contribution is -2.40. The molecule has 0 radical (unpaired) electrons. The van der Waals surface area contributed by atoms with Crippen molar-refractivity contribution >= 4 is 12.4 Å². The second kappa shape index (κ2) is 2.92. The van der Waals surface area contributed by atoms with Crippen LogP contribution in [-0.4, -0.2) is 17.8 Å². The molecule has 0 aliphatic heterocycles. The van der Waals surface area contributed by atoms with E-state index in [0.29, 0.717) is 6.61 Å². The summed E-state index contributed by atoms with van der Waals surface area (Å²) in [6.45, 7) is 0.310. The van der Waals surface area contributed by atoms with Crippen molar-refractivity contribution in [3.8, 4) is 0 Å². The largest absolute Gasteiger partial charge is 0.396 e. The molecule has 66 valence electrons. The summed E-state index contributed by atoms with van der Waals surface area (Å²) in [5.41, 5.74) is 6.05. The van der Waals surface area contributed by atoms with Gasteiger partial charge in [0.2, 0.25) is 0 Å². The van der Waals surface area contributed by atoms with Gasteiger partial charge >= 0.3 is 0 Å². The molecule has 0 unspecified atom stereocenters. The average Bonchev–Trinajstić information content (AvgIpc) is 2.44. The van der Waals surface area contributed by atoms with Crippen LogP contribution in [0.4, 0.5) is 0 Å². The van der Waals surface area contributed by atoms with Crippen LogP contribution in [0.25, 0.3) is 0 Å². The normalized spacial score (nSPS) is 47.5. The third-order valence-electron chi connectivity index (χ3n) is 3.43. The van der Waals surface area contributed by atoms with Crippen molar-refractivity contribution in [1.82, 2.24) is 0 Å². The lowest BCUT2D eigenvalue weighted by molar-refractivity contribution is 0.115. The maximum absolute atomic E-state index is 9.13. The maximum atomic E-state index is 9.13. The molecule has 2 nitrogen and oxygen atoms in total. The molecule has 11 heavy (non-hydrogen) atoms. The molecular weight excluding hydrogens is 162 g/mol. The number of nitrogens with two attached hydrogens (primary N) is 1. The van der Waals surface area contributed by atoms with E-state index in [1.54, 1.807) is 0 Å². The van der Waals surface area contributed by atoms with Crippen LogP contribution in [0, 0.1) is 11.3 Å². The predicted octanol–water partition coefficient (Wildman–Crippen LogP) is 0.918. The van der Waals surface area contributed by atoms with Gasteiger partial charge in [-0.25, -0.2) is 0 Å². The van der Waals surface area contributed by atoms with E-state index in [2.05, 4.69) is 0 Å². The Morgan fingerprint density at radius 1 is 1.55 bits per heavy atom. The Kier molecular flexibility index (Phi) is 2.47. The van der Waals surface area contributed by atoms with Crippen molar-refractivity contribution in [3.63, 3.8) is 0 Å². The molecule has 2 fully saturated rings. The number of rotatable bonds is 1. The second-order valence-electron chi connectivity index (χ2n) is 3.97. The summed E-state index contributed by atoms with van der Waals surface area (Å²) in [6, 6.07) is 0.288. The maximum Gasteiger partial charge on any atom is 0.0502 e. The van der Waals surface area contributed by atoms with Crippen molar-refractivity contribution in [2.75, 3.05) is 6.61 Å². The number of aliphatic hydroxyl groups excluding tert-OH is 1. The van der Waals surface area contributed by atoms with E-state index < -0.39 is 0 Å². The number of hydrogen-bond acceptors (Lipinski definition) is 2. The van der Waals surface area contributed by atoms with E-state index in [0.717, 1.165) is 18.8 Å². The van der Waals surface area contributed by atoms with Crippen LogP contribution < -0.4 is 5.73 Å². The molecule has 3 N–H and O–H groups in total. The highest BCUT2D eigenvalue weighted by molar-refractivity contribution is 5.85. The number of halogens is 1. The molecule has 0 amide bonds. The Morgan fingerprint density at radius 2 is 2.27 bits per heavy atom. The van der Waals surface area contributed by atoms with Crippen molar-refractivity contribution in [2.45, 2.75) is 31.7 Å². The summed E-state index contributed by atoms with van der Waals surface area (Å²) in [4.78, 5) is 0. The van der Waals surface area contributed by atoms with Crippen molar-refractivity contribution < 1.29 is 5.11 Å². The van der Waals surface area contributed by atoms with Crippen LogP contribution in [0.1, 0.15) is 25.7 Å². The van der Waals surface area contributed by atoms with Crippen molar-refractivity contribution in [2.24, 2.45) is 17.1 Å². The van der Waals surface area contributed by atoms with Gasteiger partial charge in [0.05, 0.1) is 6.61 Å². The first-order valence-corrected chi connectivity index (χ1v) is 4.13. The van der Waals surface area contributed by atoms with Crippen molar-refractivity contribution in [3.05, 3.63) is 0 Å². The summed E-state index contributed by atoms with van der Waals surface area (Å²) >= 11 is 0. The van der Waals surface area contributed by atoms with Gasteiger partial charge in [0.15, 0.2) is 0 Å². The molecule has 0 aromatic rings. The summed E-state index contributed by atoms with van der Waals surface area (Å²) in [6.07, 6.45) is 4.80. The highest BCUT2D eigenvalue weighted by atomic mass is 35.5. The lowest BCUT2D eigenvalue weighted by atomic mass is 9.81. The Morgan fingerprint density at radius 3 is 2.55 bits per heavy atom. The molecular formula is C8H16ClNO. The molecule has 0 spiro atoms.